The second-order valence-corrected chi connectivity index (χ2v) is 13.8. The topological polar surface area (TPSA) is 139 Å². The highest BCUT2D eigenvalue weighted by Crippen LogP contribution is 2.30. The zero-order valence-electron chi connectivity index (χ0n) is 27.7. The van der Waals surface area contributed by atoms with Crippen LogP contribution in [0.2, 0.25) is 0 Å². The maximum absolute atomic E-state index is 14.5. The minimum atomic E-state index is -4.59. The van der Waals surface area contributed by atoms with Gasteiger partial charge in [0.05, 0.1) is 22.6 Å². The van der Waals surface area contributed by atoms with E-state index in [-0.39, 0.29) is 30.1 Å². The van der Waals surface area contributed by atoms with Gasteiger partial charge in [-0.3, -0.25) is 24.0 Å². The summed E-state index contributed by atoms with van der Waals surface area (Å²) < 4.78 is 48.5. The normalized spacial score (nSPS) is 11.9. The molecule has 4 rings (SSSR count). The highest BCUT2D eigenvalue weighted by atomic mass is 32.2. The number of sulfonamides is 1. The van der Waals surface area contributed by atoms with Crippen LogP contribution in [0.4, 0.5) is 15.8 Å². The number of anilines is 1. The molecule has 0 unspecified atom stereocenters. The van der Waals surface area contributed by atoms with E-state index < -0.39 is 55.7 Å². The molecule has 49 heavy (non-hydrogen) atoms. The van der Waals surface area contributed by atoms with Crippen molar-refractivity contribution in [1.82, 2.24) is 10.2 Å². The molecule has 1 atom stereocenters. The van der Waals surface area contributed by atoms with Crippen LogP contribution in [-0.2, 0) is 32.6 Å². The molecule has 0 bridgehead atoms. The van der Waals surface area contributed by atoms with Crippen molar-refractivity contribution < 1.29 is 32.1 Å². The predicted octanol–water partition coefficient (Wildman–Crippen LogP) is 5.66. The van der Waals surface area contributed by atoms with E-state index in [2.05, 4.69) is 5.32 Å². The molecule has 0 fully saturated rings. The van der Waals surface area contributed by atoms with Gasteiger partial charge in [0.25, 0.3) is 15.7 Å². The minimum Gasteiger partial charge on any atom is -0.497 e. The van der Waals surface area contributed by atoms with Crippen molar-refractivity contribution in [3.8, 4) is 5.75 Å². The van der Waals surface area contributed by atoms with E-state index in [1.54, 1.807) is 0 Å². The van der Waals surface area contributed by atoms with E-state index in [0.29, 0.717) is 17.9 Å². The highest BCUT2D eigenvalue weighted by Gasteiger charge is 2.35. The van der Waals surface area contributed by atoms with Crippen LogP contribution in [0.1, 0.15) is 30.5 Å². The fourth-order valence-electron chi connectivity index (χ4n) is 5.11. The van der Waals surface area contributed by atoms with E-state index in [9.17, 15) is 32.5 Å². The van der Waals surface area contributed by atoms with Crippen molar-refractivity contribution in [1.29, 1.82) is 0 Å². The molecule has 13 heteroatoms. The number of hydrogen-bond acceptors (Lipinski definition) is 7. The van der Waals surface area contributed by atoms with Crippen molar-refractivity contribution in [2.45, 2.75) is 44.7 Å². The van der Waals surface area contributed by atoms with Crippen LogP contribution in [-0.4, -0.2) is 56.3 Å². The van der Waals surface area contributed by atoms with Crippen LogP contribution in [0.15, 0.2) is 102 Å². The molecule has 0 aliphatic carbocycles. The number of aryl methyl sites for hydroxylation is 1. The quantitative estimate of drug-likeness (QED) is 0.126. The number of hydrogen-bond donors (Lipinski definition) is 1. The van der Waals surface area contributed by atoms with Crippen molar-refractivity contribution in [2.24, 2.45) is 5.92 Å². The molecule has 0 aromatic heterocycles. The average molecular weight is 691 g/mol. The summed E-state index contributed by atoms with van der Waals surface area (Å²) in [5.41, 5.74) is 1.22. The van der Waals surface area contributed by atoms with Crippen molar-refractivity contribution in [3.05, 3.63) is 130 Å². The summed E-state index contributed by atoms with van der Waals surface area (Å²) in [5, 5.41) is 14.6. The Morgan fingerprint density at radius 2 is 1.59 bits per heavy atom. The lowest BCUT2D eigenvalue weighted by atomic mass is 10.0. The zero-order chi connectivity index (χ0) is 35.7. The fourth-order valence-corrected chi connectivity index (χ4v) is 6.55. The second kappa shape index (κ2) is 16.2. The number of rotatable bonds is 15. The van der Waals surface area contributed by atoms with Crippen molar-refractivity contribution >= 4 is 33.2 Å². The number of ether oxygens (including phenoxy) is 1. The summed E-state index contributed by atoms with van der Waals surface area (Å²) in [6, 6.07) is 22.9. The van der Waals surface area contributed by atoms with Gasteiger partial charge in [0.1, 0.15) is 24.2 Å². The van der Waals surface area contributed by atoms with Gasteiger partial charge in [0.15, 0.2) is 0 Å². The van der Waals surface area contributed by atoms with Crippen LogP contribution in [0.5, 0.6) is 5.75 Å². The number of nitrogens with zero attached hydrogens (tertiary/aromatic N) is 3. The van der Waals surface area contributed by atoms with Crippen LogP contribution < -0.4 is 14.4 Å². The maximum Gasteiger partial charge on any atom is 0.273 e. The number of halogens is 1. The Balaban J connectivity index is 1.83. The molecule has 0 spiro atoms. The first-order valence-corrected chi connectivity index (χ1v) is 17.0. The summed E-state index contributed by atoms with van der Waals surface area (Å²) >= 11 is 0. The first-order valence-electron chi connectivity index (χ1n) is 15.6. The molecule has 0 aliphatic rings. The number of carbonyl (C=O) groups excluding carboxylic acids is 2. The molecule has 4 aromatic rings. The van der Waals surface area contributed by atoms with Crippen molar-refractivity contribution in [3.63, 3.8) is 0 Å². The Morgan fingerprint density at radius 1 is 0.939 bits per heavy atom. The van der Waals surface area contributed by atoms with Gasteiger partial charge in [-0.05, 0) is 66.4 Å². The van der Waals surface area contributed by atoms with E-state index in [1.807, 2.05) is 44.2 Å². The molecular formula is C36H39FN4O7S. The number of carbonyl (C=O) groups is 2. The summed E-state index contributed by atoms with van der Waals surface area (Å²) in [7, 11) is -3.14. The Hall–Kier alpha value is -5.30. The molecule has 0 saturated carbocycles. The van der Waals surface area contributed by atoms with Crippen LogP contribution in [0, 0.1) is 28.8 Å². The predicted molar refractivity (Wildman–Crippen MR) is 184 cm³/mol. The third kappa shape index (κ3) is 9.41. The first kappa shape index (κ1) is 36.5. The van der Waals surface area contributed by atoms with Gasteiger partial charge < -0.3 is 15.0 Å². The SMILES string of the molecule is COc1ccc(N(CC(=O)N(Cc2ccc(F)cc2)[C@@H](Cc2ccccc2)C(=O)NCC(C)C)S(=O)(=O)c2ccc(C)c([N+](=O)[O-])c2)cc1. The van der Waals surface area contributed by atoms with E-state index in [4.69, 9.17) is 4.74 Å². The highest BCUT2D eigenvalue weighted by molar-refractivity contribution is 7.92. The molecule has 0 heterocycles. The number of amides is 2. The van der Waals surface area contributed by atoms with Crippen molar-refractivity contribution in [2.75, 3.05) is 24.5 Å². The van der Waals surface area contributed by atoms with E-state index >= 15 is 0 Å². The fraction of sp³-hybridized carbons (Fsp3) is 0.278. The summed E-state index contributed by atoms with van der Waals surface area (Å²) in [5.74, 6) is -1.12. The molecular weight excluding hydrogens is 651 g/mol. The Morgan fingerprint density at radius 3 is 2.18 bits per heavy atom. The first-order chi connectivity index (χ1) is 23.3. The van der Waals surface area contributed by atoms with Gasteiger partial charge in [-0.2, -0.15) is 0 Å². The van der Waals surface area contributed by atoms with Gasteiger partial charge in [0, 0.05) is 31.1 Å². The van der Waals surface area contributed by atoms with Gasteiger partial charge in [-0.15, -0.1) is 0 Å². The lowest BCUT2D eigenvalue weighted by Gasteiger charge is -2.34. The number of nitrogens with one attached hydrogen (secondary N) is 1. The lowest BCUT2D eigenvalue weighted by Crippen LogP contribution is -2.53. The number of nitro groups is 1. The third-order valence-corrected chi connectivity index (χ3v) is 9.60. The molecule has 0 saturated heterocycles. The molecule has 4 aromatic carbocycles. The molecule has 0 radical (unpaired) electrons. The summed E-state index contributed by atoms with van der Waals surface area (Å²) in [6.07, 6.45) is 0.108. The number of methoxy groups -OCH3 is 1. The summed E-state index contributed by atoms with van der Waals surface area (Å²) in [4.78, 5) is 40.3. The largest absolute Gasteiger partial charge is 0.497 e. The standard InChI is InChI=1S/C36H39FN4O7S/c1-25(2)22-38-36(43)34(20-27-8-6-5-7-9-27)39(23-28-11-13-29(37)14-12-28)35(42)24-40(30-15-17-31(48-4)18-16-30)49(46,47)32-19-10-26(3)33(21-32)41(44)45/h5-19,21,25,34H,20,22-24H2,1-4H3,(H,38,43)/t34-/m0/s1. The van der Waals surface area contributed by atoms with Gasteiger partial charge >= 0.3 is 0 Å². The minimum absolute atomic E-state index is 0.0861. The van der Waals surface area contributed by atoms with Gasteiger partial charge in [-0.1, -0.05) is 62.4 Å². The second-order valence-electron chi connectivity index (χ2n) is 11.9. The Kier molecular flexibility index (Phi) is 12.1. The van der Waals surface area contributed by atoms with Crippen LogP contribution in [0.25, 0.3) is 0 Å². The molecule has 0 aliphatic heterocycles. The monoisotopic (exact) mass is 690 g/mol. The maximum atomic E-state index is 14.5. The molecule has 2 amide bonds. The molecule has 11 nitrogen and oxygen atoms in total. The summed E-state index contributed by atoms with van der Waals surface area (Å²) in [6.45, 7) is 4.78. The number of benzene rings is 4. The average Bonchev–Trinajstić information content (AvgIpc) is 3.08. The van der Waals surface area contributed by atoms with Gasteiger partial charge in [0.2, 0.25) is 11.8 Å². The molecule has 1 N–H and O–H groups in total. The Bertz CT molecular complexity index is 1870. The third-order valence-electron chi connectivity index (χ3n) is 7.83. The lowest BCUT2D eigenvalue weighted by molar-refractivity contribution is -0.385. The van der Waals surface area contributed by atoms with E-state index in [0.717, 1.165) is 15.9 Å². The Labute approximate surface area is 285 Å². The van der Waals surface area contributed by atoms with Gasteiger partial charge in [-0.25, -0.2) is 12.8 Å². The smallest absolute Gasteiger partial charge is 0.273 e. The zero-order valence-corrected chi connectivity index (χ0v) is 28.5. The van der Waals surface area contributed by atoms with E-state index in [1.165, 1.54) is 79.6 Å². The van der Waals surface area contributed by atoms with Crippen LogP contribution in [0.3, 0.4) is 0 Å². The number of nitro benzene ring substituents is 1. The van der Waals surface area contributed by atoms with Crippen LogP contribution >= 0.6 is 0 Å². The molecule has 258 valence electrons.